The van der Waals surface area contributed by atoms with Gasteiger partial charge in [0.05, 0.1) is 18.5 Å². The summed E-state index contributed by atoms with van der Waals surface area (Å²) in [5, 5.41) is 9.35. The molecule has 2 aromatic rings. The van der Waals surface area contributed by atoms with Crippen LogP contribution in [0.3, 0.4) is 0 Å². The van der Waals surface area contributed by atoms with Crippen molar-refractivity contribution in [2.24, 2.45) is 0 Å². The Hall–Kier alpha value is -1.50. The average molecular weight is 439 g/mol. The third kappa shape index (κ3) is 4.24. The minimum absolute atomic E-state index is 0.178. The molecule has 1 saturated heterocycles. The number of halogens is 1. The van der Waals surface area contributed by atoms with Gasteiger partial charge in [0, 0.05) is 11.0 Å². The highest BCUT2D eigenvalue weighted by Gasteiger charge is 2.36. The molecule has 0 spiro atoms. The predicted octanol–water partition coefficient (Wildman–Crippen LogP) is 3.55. The van der Waals surface area contributed by atoms with E-state index in [1.54, 1.807) is 17.6 Å². The first-order valence-electron chi connectivity index (χ1n) is 8.32. The molecule has 0 bridgehead atoms. The number of hydroxylamine groups is 1. The van der Waals surface area contributed by atoms with E-state index in [-0.39, 0.29) is 6.54 Å². The lowest BCUT2D eigenvalue weighted by Gasteiger charge is -2.28. The van der Waals surface area contributed by atoms with Gasteiger partial charge in [-0.05, 0) is 48.2 Å². The molecule has 1 amide bonds. The fraction of sp³-hybridized carbons (Fsp3) is 0.278. The molecular formula is C18H20BrN2O4P. The van der Waals surface area contributed by atoms with Crippen LogP contribution in [-0.4, -0.2) is 35.5 Å². The van der Waals surface area contributed by atoms with Crippen molar-refractivity contribution in [3.63, 3.8) is 0 Å². The number of hydrogen-bond acceptors (Lipinski definition) is 4. The van der Waals surface area contributed by atoms with Crippen LogP contribution in [0.1, 0.15) is 12.8 Å². The summed E-state index contributed by atoms with van der Waals surface area (Å²) in [6.45, 7) is 0.671. The first kappa shape index (κ1) is 19.3. The lowest BCUT2D eigenvalue weighted by Crippen LogP contribution is -2.36. The highest BCUT2D eigenvalue weighted by Crippen LogP contribution is 2.51. The van der Waals surface area contributed by atoms with E-state index in [4.69, 9.17) is 9.73 Å². The minimum Gasteiger partial charge on any atom is -0.314 e. The molecule has 1 fully saturated rings. The standard InChI is InChI=1S/C18H20BrN2O4P/c19-16-7-3-14(4-8-16)15-5-9-17(10-6-15)26(24)21(13-18(22)20-23)11-1-2-12-25-26/h3-10,23H,1-2,11-13H2,(H,20,22). The van der Waals surface area contributed by atoms with Crippen molar-refractivity contribution in [1.29, 1.82) is 0 Å². The molecule has 2 aromatic carbocycles. The molecular weight excluding hydrogens is 419 g/mol. The van der Waals surface area contributed by atoms with E-state index in [2.05, 4.69) is 15.9 Å². The second-order valence-corrected chi connectivity index (χ2v) is 9.33. The fourth-order valence-electron chi connectivity index (χ4n) is 2.89. The van der Waals surface area contributed by atoms with Crippen LogP contribution in [0.15, 0.2) is 53.0 Å². The van der Waals surface area contributed by atoms with Crippen molar-refractivity contribution in [2.75, 3.05) is 19.7 Å². The SMILES string of the molecule is O=C(CN1CCCCOP1(=O)c1ccc(-c2ccc(Br)cc2)cc1)NO. The van der Waals surface area contributed by atoms with Gasteiger partial charge in [0.15, 0.2) is 0 Å². The maximum atomic E-state index is 13.6. The summed E-state index contributed by atoms with van der Waals surface area (Å²) in [7, 11) is -3.35. The Bertz CT molecular complexity index is 811. The molecule has 1 heterocycles. The number of nitrogens with one attached hydrogen (secondary N) is 1. The molecule has 0 saturated carbocycles. The molecule has 1 atom stereocenters. The zero-order valence-electron chi connectivity index (χ0n) is 14.1. The Kier molecular flexibility index (Phi) is 6.27. The number of nitrogens with zero attached hydrogens (tertiary/aromatic N) is 1. The molecule has 8 heteroatoms. The number of carbonyl (C=O) groups excluding carboxylic acids is 1. The van der Waals surface area contributed by atoms with Gasteiger partial charge in [-0.2, -0.15) is 0 Å². The maximum Gasteiger partial charge on any atom is 0.302 e. The molecule has 26 heavy (non-hydrogen) atoms. The summed E-state index contributed by atoms with van der Waals surface area (Å²) in [6, 6.07) is 15.3. The number of benzene rings is 2. The summed E-state index contributed by atoms with van der Waals surface area (Å²) in [4.78, 5) is 11.6. The third-order valence-corrected chi connectivity index (χ3v) is 7.37. The van der Waals surface area contributed by atoms with Crippen LogP contribution in [0.2, 0.25) is 0 Å². The van der Waals surface area contributed by atoms with Gasteiger partial charge >= 0.3 is 7.52 Å². The Morgan fingerprint density at radius 1 is 1.12 bits per heavy atom. The van der Waals surface area contributed by atoms with Crippen LogP contribution < -0.4 is 10.8 Å². The van der Waals surface area contributed by atoms with Gasteiger partial charge in [0.1, 0.15) is 0 Å². The highest BCUT2D eigenvalue weighted by atomic mass is 79.9. The van der Waals surface area contributed by atoms with Crippen LogP contribution >= 0.6 is 23.4 Å². The van der Waals surface area contributed by atoms with Crippen LogP contribution in [-0.2, 0) is 13.9 Å². The van der Waals surface area contributed by atoms with Gasteiger partial charge in [-0.3, -0.25) is 14.6 Å². The van der Waals surface area contributed by atoms with Gasteiger partial charge in [0.2, 0.25) is 0 Å². The summed E-state index contributed by atoms with van der Waals surface area (Å²) >= 11 is 3.42. The molecule has 6 nitrogen and oxygen atoms in total. The van der Waals surface area contributed by atoms with Crippen molar-refractivity contribution in [1.82, 2.24) is 10.2 Å². The van der Waals surface area contributed by atoms with Crippen molar-refractivity contribution in [3.05, 3.63) is 53.0 Å². The van der Waals surface area contributed by atoms with E-state index in [1.807, 2.05) is 36.4 Å². The third-order valence-electron chi connectivity index (χ3n) is 4.27. The van der Waals surface area contributed by atoms with E-state index in [1.165, 1.54) is 4.67 Å². The minimum atomic E-state index is -3.35. The lowest BCUT2D eigenvalue weighted by atomic mass is 10.1. The number of carbonyl (C=O) groups is 1. The van der Waals surface area contributed by atoms with Crippen LogP contribution in [0.25, 0.3) is 11.1 Å². The normalized spacial score (nSPS) is 21.2. The molecule has 3 rings (SSSR count). The van der Waals surface area contributed by atoms with E-state index in [0.717, 1.165) is 28.4 Å². The van der Waals surface area contributed by atoms with Crippen LogP contribution in [0.4, 0.5) is 0 Å². The second-order valence-electron chi connectivity index (χ2n) is 6.04. The predicted molar refractivity (Wildman–Crippen MR) is 104 cm³/mol. The van der Waals surface area contributed by atoms with Crippen molar-refractivity contribution in [3.8, 4) is 11.1 Å². The molecule has 138 valence electrons. The van der Waals surface area contributed by atoms with Crippen LogP contribution in [0, 0.1) is 0 Å². The maximum absolute atomic E-state index is 13.6. The van der Waals surface area contributed by atoms with Gasteiger partial charge in [0.25, 0.3) is 5.91 Å². The quantitative estimate of drug-likeness (QED) is 0.433. The van der Waals surface area contributed by atoms with Gasteiger partial charge in [-0.15, -0.1) is 0 Å². The Morgan fingerprint density at radius 3 is 2.35 bits per heavy atom. The van der Waals surface area contributed by atoms with Crippen molar-refractivity contribution >= 4 is 34.7 Å². The first-order valence-corrected chi connectivity index (χ1v) is 10.7. The Labute approximate surface area is 160 Å². The lowest BCUT2D eigenvalue weighted by molar-refractivity contribution is -0.129. The van der Waals surface area contributed by atoms with E-state index < -0.39 is 13.4 Å². The average Bonchev–Trinajstić information content (AvgIpc) is 2.85. The first-order chi connectivity index (χ1) is 12.5. The molecule has 0 radical (unpaired) electrons. The number of rotatable bonds is 4. The highest BCUT2D eigenvalue weighted by molar-refractivity contribution is 9.10. The zero-order valence-corrected chi connectivity index (χ0v) is 16.6. The molecule has 1 aliphatic heterocycles. The zero-order chi connectivity index (χ0) is 18.6. The van der Waals surface area contributed by atoms with Crippen LogP contribution in [0.5, 0.6) is 0 Å². The summed E-state index contributed by atoms with van der Waals surface area (Å²) < 4.78 is 21.8. The molecule has 2 N–H and O–H groups in total. The second kappa shape index (κ2) is 8.46. The summed E-state index contributed by atoms with van der Waals surface area (Å²) in [5.74, 6) is -0.609. The van der Waals surface area contributed by atoms with Gasteiger partial charge in [-0.1, -0.05) is 40.2 Å². The fourth-order valence-corrected chi connectivity index (χ4v) is 5.42. The smallest absolute Gasteiger partial charge is 0.302 e. The Morgan fingerprint density at radius 2 is 1.73 bits per heavy atom. The monoisotopic (exact) mass is 438 g/mol. The molecule has 0 aliphatic carbocycles. The largest absolute Gasteiger partial charge is 0.314 e. The number of hydrogen-bond donors (Lipinski definition) is 2. The topological polar surface area (TPSA) is 78.9 Å². The van der Waals surface area contributed by atoms with E-state index in [9.17, 15) is 9.36 Å². The van der Waals surface area contributed by atoms with Gasteiger partial charge < -0.3 is 4.52 Å². The van der Waals surface area contributed by atoms with Crippen molar-refractivity contribution < 1.29 is 19.1 Å². The van der Waals surface area contributed by atoms with E-state index >= 15 is 0 Å². The van der Waals surface area contributed by atoms with Gasteiger partial charge in [-0.25, -0.2) is 10.2 Å². The Balaban J connectivity index is 1.90. The number of amides is 1. The van der Waals surface area contributed by atoms with Crippen molar-refractivity contribution in [2.45, 2.75) is 12.8 Å². The van der Waals surface area contributed by atoms with E-state index in [0.29, 0.717) is 18.5 Å². The summed E-state index contributed by atoms with van der Waals surface area (Å²) in [6.07, 6.45) is 1.55. The molecule has 0 aromatic heterocycles. The molecule has 1 aliphatic rings. The summed E-state index contributed by atoms with van der Waals surface area (Å²) in [5.41, 5.74) is 3.65. The molecule has 1 unspecified atom stereocenters.